The van der Waals surface area contributed by atoms with Crippen molar-refractivity contribution in [1.82, 2.24) is 0 Å². The van der Waals surface area contributed by atoms with Crippen molar-refractivity contribution in [3.63, 3.8) is 0 Å². The first-order valence-electron chi connectivity index (χ1n) is 3.77. The lowest BCUT2D eigenvalue weighted by Crippen LogP contribution is -2.19. The summed E-state index contributed by atoms with van der Waals surface area (Å²) < 4.78 is 12.7. The summed E-state index contributed by atoms with van der Waals surface area (Å²) in [5, 5.41) is 2.16. The van der Waals surface area contributed by atoms with Crippen LogP contribution in [0.1, 0.15) is 6.92 Å². The summed E-state index contributed by atoms with van der Waals surface area (Å²) in [6, 6.07) is 3.66. The van der Waals surface area contributed by atoms with Gasteiger partial charge in [0.2, 0.25) is 5.78 Å². The monoisotopic (exact) mass is 215 g/mol. The zero-order chi connectivity index (χ0) is 10.7. The highest BCUT2D eigenvalue weighted by Gasteiger charge is 2.08. The maximum Gasteiger partial charge on any atom is 0.291 e. The number of ketones is 1. The van der Waals surface area contributed by atoms with E-state index in [4.69, 9.17) is 11.6 Å². The number of Topliss-reactive ketones (excluding diaryl/α,β-unsaturated/α-hetero) is 1. The first kappa shape index (κ1) is 10.7. The number of rotatable bonds is 2. The van der Waals surface area contributed by atoms with E-state index >= 15 is 0 Å². The molecule has 0 bridgehead atoms. The summed E-state index contributed by atoms with van der Waals surface area (Å²) in [6.07, 6.45) is 0. The molecule has 74 valence electrons. The molecule has 0 atom stereocenters. The van der Waals surface area contributed by atoms with E-state index in [0.717, 1.165) is 13.0 Å². The van der Waals surface area contributed by atoms with E-state index in [9.17, 15) is 14.0 Å². The molecule has 0 aliphatic carbocycles. The van der Waals surface area contributed by atoms with Crippen molar-refractivity contribution >= 4 is 29.0 Å². The molecule has 1 rings (SSSR count). The molecule has 0 saturated carbocycles. The number of carbonyl (C=O) groups excluding carboxylic acids is 2. The fourth-order valence-corrected chi connectivity index (χ4v) is 0.974. The van der Waals surface area contributed by atoms with Gasteiger partial charge in [-0.1, -0.05) is 11.6 Å². The fourth-order valence-electron chi connectivity index (χ4n) is 0.793. The Bertz CT molecular complexity index is 392. The molecule has 0 aliphatic heterocycles. The van der Waals surface area contributed by atoms with Crippen LogP contribution in [-0.4, -0.2) is 11.7 Å². The number of hydrogen-bond donors (Lipinski definition) is 1. The Morgan fingerprint density at radius 1 is 1.43 bits per heavy atom. The van der Waals surface area contributed by atoms with Gasteiger partial charge in [0.05, 0.1) is 5.02 Å². The van der Waals surface area contributed by atoms with E-state index in [2.05, 4.69) is 5.32 Å². The number of nitrogens with one attached hydrogen (secondary N) is 1. The van der Waals surface area contributed by atoms with Crippen molar-refractivity contribution in [2.75, 3.05) is 5.32 Å². The molecule has 0 spiro atoms. The van der Waals surface area contributed by atoms with E-state index in [1.807, 2.05) is 0 Å². The molecule has 3 nitrogen and oxygen atoms in total. The van der Waals surface area contributed by atoms with E-state index in [1.165, 1.54) is 12.1 Å². The third-order valence-corrected chi connectivity index (χ3v) is 1.79. The number of amides is 1. The largest absolute Gasteiger partial charge is 0.319 e. The highest BCUT2D eigenvalue weighted by Crippen LogP contribution is 2.19. The Balaban J connectivity index is 2.83. The van der Waals surface area contributed by atoms with Crippen molar-refractivity contribution in [1.29, 1.82) is 0 Å². The van der Waals surface area contributed by atoms with E-state index in [-0.39, 0.29) is 10.7 Å². The second-order valence-electron chi connectivity index (χ2n) is 2.64. The van der Waals surface area contributed by atoms with Crippen molar-refractivity contribution in [2.45, 2.75) is 6.92 Å². The first-order valence-corrected chi connectivity index (χ1v) is 4.15. The molecular weight excluding hydrogens is 209 g/mol. The van der Waals surface area contributed by atoms with Crippen LogP contribution in [0.2, 0.25) is 5.02 Å². The van der Waals surface area contributed by atoms with Crippen LogP contribution in [0.5, 0.6) is 0 Å². The van der Waals surface area contributed by atoms with Gasteiger partial charge in [0.1, 0.15) is 5.82 Å². The topological polar surface area (TPSA) is 46.2 Å². The molecule has 0 aromatic heterocycles. The van der Waals surface area contributed by atoms with E-state index < -0.39 is 17.5 Å². The lowest BCUT2D eigenvalue weighted by Gasteiger charge is -2.02. The highest BCUT2D eigenvalue weighted by molar-refractivity contribution is 6.39. The quantitative estimate of drug-likeness (QED) is 0.767. The van der Waals surface area contributed by atoms with Crippen LogP contribution in [0.4, 0.5) is 10.1 Å². The fraction of sp³-hybridized carbons (Fsp3) is 0.111. The minimum Gasteiger partial charge on any atom is -0.319 e. The second-order valence-corrected chi connectivity index (χ2v) is 3.05. The van der Waals surface area contributed by atoms with Gasteiger partial charge in [-0.25, -0.2) is 4.39 Å². The summed E-state index contributed by atoms with van der Waals surface area (Å²) in [6.45, 7) is 1.14. The molecule has 1 aromatic carbocycles. The van der Waals surface area contributed by atoms with Gasteiger partial charge in [0.15, 0.2) is 0 Å². The SMILES string of the molecule is CC(=O)C(=O)Nc1ccc(F)c(Cl)c1. The van der Waals surface area contributed by atoms with Crippen LogP contribution >= 0.6 is 11.6 Å². The molecule has 0 aliphatic rings. The molecule has 0 radical (unpaired) electrons. The Kier molecular flexibility index (Phi) is 3.19. The van der Waals surface area contributed by atoms with Crippen molar-refractivity contribution in [2.24, 2.45) is 0 Å². The molecule has 0 unspecified atom stereocenters. The van der Waals surface area contributed by atoms with Crippen molar-refractivity contribution < 1.29 is 14.0 Å². The second kappa shape index (κ2) is 4.19. The van der Waals surface area contributed by atoms with Crippen LogP contribution < -0.4 is 5.32 Å². The maximum absolute atomic E-state index is 12.7. The van der Waals surface area contributed by atoms with Gasteiger partial charge in [-0.15, -0.1) is 0 Å². The summed E-state index contributed by atoms with van der Waals surface area (Å²) >= 11 is 5.47. The van der Waals surface area contributed by atoms with Gasteiger partial charge in [-0.2, -0.15) is 0 Å². The predicted molar refractivity (Wildman–Crippen MR) is 50.7 cm³/mol. The summed E-state index contributed by atoms with van der Waals surface area (Å²) in [5.41, 5.74) is 0.289. The third kappa shape index (κ3) is 2.53. The van der Waals surface area contributed by atoms with Crippen LogP contribution in [0.15, 0.2) is 18.2 Å². The molecular formula is C9H7ClFNO2. The maximum atomic E-state index is 12.7. The number of benzene rings is 1. The van der Waals surface area contributed by atoms with E-state index in [0.29, 0.717) is 0 Å². The number of anilines is 1. The smallest absolute Gasteiger partial charge is 0.291 e. The molecule has 14 heavy (non-hydrogen) atoms. The average molecular weight is 216 g/mol. The minimum atomic E-state index is -0.757. The first-order chi connectivity index (χ1) is 6.50. The summed E-state index contributed by atoms with van der Waals surface area (Å²) in [5.74, 6) is -1.95. The lowest BCUT2D eigenvalue weighted by atomic mass is 10.3. The van der Waals surface area contributed by atoms with E-state index in [1.54, 1.807) is 0 Å². The molecule has 1 N–H and O–H groups in total. The van der Waals surface area contributed by atoms with Gasteiger partial charge in [-0.3, -0.25) is 9.59 Å². The van der Waals surface area contributed by atoms with Crippen molar-refractivity contribution in [3.8, 4) is 0 Å². The zero-order valence-corrected chi connectivity index (χ0v) is 8.06. The van der Waals surface area contributed by atoms with Crippen molar-refractivity contribution in [3.05, 3.63) is 29.0 Å². The minimum absolute atomic E-state index is 0.105. The Morgan fingerprint density at radius 3 is 2.57 bits per heavy atom. The predicted octanol–water partition coefficient (Wildman–Crippen LogP) is 2.01. The van der Waals surface area contributed by atoms with Gasteiger partial charge in [-0.05, 0) is 18.2 Å². The third-order valence-electron chi connectivity index (χ3n) is 1.50. The standard InChI is InChI=1S/C9H7ClFNO2/c1-5(13)9(14)12-6-2-3-8(11)7(10)4-6/h2-4H,1H3,(H,12,14). The zero-order valence-electron chi connectivity index (χ0n) is 7.30. The summed E-state index contributed by atoms with van der Waals surface area (Å²) in [7, 11) is 0. The van der Waals surface area contributed by atoms with Crippen LogP contribution in [0.3, 0.4) is 0 Å². The Hall–Kier alpha value is -1.42. The van der Waals surface area contributed by atoms with Gasteiger partial charge >= 0.3 is 0 Å². The molecule has 0 saturated heterocycles. The van der Waals surface area contributed by atoms with Crippen LogP contribution in [0, 0.1) is 5.82 Å². The molecule has 1 aromatic rings. The number of hydrogen-bond acceptors (Lipinski definition) is 2. The van der Waals surface area contributed by atoms with Gasteiger partial charge in [0.25, 0.3) is 5.91 Å². The molecule has 1 amide bonds. The van der Waals surface area contributed by atoms with Gasteiger partial charge < -0.3 is 5.32 Å². The summed E-state index contributed by atoms with van der Waals surface area (Å²) in [4.78, 5) is 21.5. The van der Waals surface area contributed by atoms with Crippen LogP contribution in [-0.2, 0) is 9.59 Å². The molecule has 0 fully saturated rings. The Labute approximate surface area is 84.9 Å². The Morgan fingerprint density at radius 2 is 2.07 bits per heavy atom. The number of halogens is 2. The van der Waals surface area contributed by atoms with Gasteiger partial charge in [0, 0.05) is 12.6 Å². The van der Waals surface area contributed by atoms with Crippen LogP contribution in [0.25, 0.3) is 0 Å². The lowest BCUT2D eigenvalue weighted by molar-refractivity contribution is -0.133. The highest BCUT2D eigenvalue weighted by atomic mass is 35.5. The molecule has 0 heterocycles. The molecule has 5 heteroatoms. The normalized spacial score (nSPS) is 9.64. The average Bonchev–Trinajstić information content (AvgIpc) is 2.11. The number of carbonyl (C=O) groups is 2.